The van der Waals surface area contributed by atoms with Crippen LogP contribution in [0.5, 0.6) is 0 Å². The van der Waals surface area contributed by atoms with E-state index in [1.165, 1.54) is 0 Å². The van der Waals surface area contributed by atoms with Crippen molar-refractivity contribution in [2.75, 3.05) is 0 Å². The average Bonchev–Trinajstić information content (AvgIpc) is 0. The van der Waals surface area contributed by atoms with Gasteiger partial charge in [0.05, 0.1) is 0 Å². The summed E-state index contributed by atoms with van der Waals surface area (Å²) in [5.74, 6) is 0. The molecule has 0 fully saturated rings. The van der Waals surface area contributed by atoms with Crippen molar-refractivity contribution in [1.82, 2.24) is 0 Å². The Hall–Kier alpha value is 4.61. The summed E-state index contributed by atoms with van der Waals surface area (Å²) >= 11 is 0. The van der Waals surface area contributed by atoms with Gasteiger partial charge in [0.1, 0.15) is 0 Å². The van der Waals surface area contributed by atoms with E-state index < -0.39 is 0 Å². The predicted octanol–water partition coefficient (Wildman–Crippen LogP) is -0.0175. The summed E-state index contributed by atoms with van der Waals surface area (Å²) in [5.41, 5.74) is 0. The Kier molecular flexibility index (Phi) is 405. The maximum atomic E-state index is 0. The molecule has 0 aliphatic rings. The minimum absolute atomic E-state index is 0. The molecule has 0 unspecified atom stereocenters. The van der Waals surface area contributed by atoms with Crippen LogP contribution in [0, 0.1) is 0 Å². The maximum absolute atomic E-state index is 0. The van der Waals surface area contributed by atoms with Gasteiger partial charge >= 0.3 is 0 Å². The molecule has 0 bridgehead atoms. The second-order valence-electron chi connectivity index (χ2n) is 0. The van der Waals surface area contributed by atoms with Crippen molar-refractivity contribution >= 4 is 0 Å². The molecule has 0 aromatic carbocycles. The summed E-state index contributed by atoms with van der Waals surface area (Å²) in [5, 5.41) is 0. The fourth-order valence-corrected chi connectivity index (χ4v) is 0. The van der Waals surface area contributed by atoms with Crippen LogP contribution in [0.3, 0.4) is 0 Å². The SMILES string of the molecule is [Sc].[Zn].[Zn].[Zn].[Zn].[Zn].[Zn]. The van der Waals surface area contributed by atoms with E-state index in [1.54, 1.807) is 0 Å². The third-order valence-corrected chi connectivity index (χ3v) is 0. The second-order valence-corrected chi connectivity index (χ2v) is 0. The molecule has 0 atom stereocenters. The predicted molar refractivity (Wildman–Crippen MR) is 0 cm³/mol. The smallest absolute Gasteiger partial charge is 0 e. The van der Waals surface area contributed by atoms with Gasteiger partial charge < -0.3 is 0 Å². The molecule has 0 heterocycles. The summed E-state index contributed by atoms with van der Waals surface area (Å²) in [6.45, 7) is 0. The molecule has 0 N–H and O–H groups in total. The van der Waals surface area contributed by atoms with Crippen molar-refractivity contribution in [3.8, 4) is 0 Å². The number of rotatable bonds is 0. The number of hydrogen-bond acceptors (Lipinski definition) is 0. The molecule has 0 spiro atoms. The molecule has 0 aromatic heterocycles. The first-order chi connectivity index (χ1) is 0. The largest absolute Gasteiger partial charge is 0 e. The van der Waals surface area contributed by atoms with Gasteiger partial charge in [-0.3, -0.25) is 0 Å². The minimum Gasteiger partial charge on any atom is 0 e. The summed E-state index contributed by atoms with van der Waals surface area (Å²) < 4.78 is 0. The zero-order valence-corrected chi connectivity index (χ0v) is 24.4. The molecule has 0 saturated carbocycles. The summed E-state index contributed by atoms with van der Waals surface area (Å²) in [4.78, 5) is 0. The van der Waals surface area contributed by atoms with E-state index in [2.05, 4.69) is 0 Å². The van der Waals surface area contributed by atoms with Crippen LogP contribution in [0.1, 0.15) is 0 Å². The van der Waals surface area contributed by atoms with Gasteiger partial charge in [-0.15, -0.1) is 0 Å². The Morgan fingerprint density at radius 3 is 0.286 bits per heavy atom. The average molecular weight is 437 g/mol. The van der Waals surface area contributed by atoms with Crippen LogP contribution in [0.2, 0.25) is 0 Å². The zero-order valence-electron chi connectivity index (χ0n) is 4.82. The van der Waals surface area contributed by atoms with E-state index in [9.17, 15) is 0 Å². The Balaban J connectivity index is 0. The topological polar surface area (TPSA) is 0 Å². The van der Waals surface area contributed by atoms with Crippen LogP contribution in [0.15, 0.2) is 0 Å². The van der Waals surface area contributed by atoms with Crippen LogP contribution in [-0.4, -0.2) is 0 Å². The molecule has 0 nitrogen and oxygen atoms in total. The fraction of sp³-hybridized carbons (Fsp3) is 0. The molecule has 0 amide bonds. The monoisotopic (exact) mass is 429 g/mol. The van der Waals surface area contributed by atoms with E-state index in [4.69, 9.17) is 0 Å². The van der Waals surface area contributed by atoms with Crippen LogP contribution in [-0.2, 0) is 143 Å². The van der Waals surface area contributed by atoms with E-state index >= 15 is 0 Å². The van der Waals surface area contributed by atoms with Gasteiger partial charge in [-0.25, -0.2) is 0 Å². The molecule has 0 aliphatic heterocycles. The van der Waals surface area contributed by atoms with E-state index in [0.717, 1.165) is 0 Å². The standard InChI is InChI=1S/Sc.6Zn. The molecule has 15 valence electrons. The maximum Gasteiger partial charge on any atom is 0 e. The van der Waals surface area contributed by atoms with Gasteiger partial charge in [-0.05, 0) is 0 Å². The minimum atomic E-state index is 0. The van der Waals surface area contributed by atoms with Crippen molar-refractivity contribution in [3.63, 3.8) is 0 Å². The van der Waals surface area contributed by atoms with Crippen LogP contribution in [0.4, 0.5) is 0 Å². The van der Waals surface area contributed by atoms with Gasteiger partial charge in [0, 0.05) is 143 Å². The van der Waals surface area contributed by atoms with Crippen molar-refractivity contribution in [2.24, 2.45) is 0 Å². The van der Waals surface area contributed by atoms with Crippen molar-refractivity contribution < 1.29 is 143 Å². The van der Waals surface area contributed by atoms with E-state index in [-0.39, 0.29) is 143 Å². The van der Waals surface area contributed by atoms with Gasteiger partial charge in [0.2, 0.25) is 0 Å². The first-order valence-electron chi connectivity index (χ1n) is 0. The molecule has 0 saturated heterocycles. The van der Waals surface area contributed by atoms with Gasteiger partial charge in [-0.2, -0.15) is 0 Å². The Labute approximate surface area is 140 Å². The van der Waals surface area contributed by atoms with E-state index in [1.807, 2.05) is 0 Å². The second kappa shape index (κ2) is 46.1. The van der Waals surface area contributed by atoms with Crippen molar-refractivity contribution in [1.29, 1.82) is 0 Å². The Morgan fingerprint density at radius 1 is 0.286 bits per heavy atom. The molecular weight excluding hydrogens is 437 g/mol. The molecule has 0 aliphatic carbocycles. The Morgan fingerprint density at radius 2 is 0.286 bits per heavy atom. The fourth-order valence-electron chi connectivity index (χ4n) is 0. The molecule has 7 heteroatoms. The first kappa shape index (κ1) is 61.5. The van der Waals surface area contributed by atoms with Crippen molar-refractivity contribution in [3.05, 3.63) is 0 Å². The van der Waals surface area contributed by atoms with Crippen LogP contribution >= 0.6 is 0 Å². The molecule has 1 radical (unpaired) electrons. The summed E-state index contributed by atoms with van der Waals surface area (Å²) in [6, 6.07) is 0. The normalized spacial score (nSPS) is 0. The quantitative estimate of drug-likeness (QED) is 0.468. The molecular formula is ScZn6. The first-order valence-corrected chi connectivity index (χ1v) is 0. The third-order valence-electron chi connectivity index (χ3n) is 0. The van der Waals surface area contributed by atoms with Gasteiger partial charge in [0.25, 0.3) is 0 Å². The Bertz CT molecular complexity index is 4.14. The zero-order chi connectivity index (χ0) is 0. The van der Waals surface area contributed by atoms with Gasteiger partial charge in [-0.1, -0.05) is 0 Å². The van der Waals surface area contributed by atoms with Crippen molar-refractivity contribution in [2.45, 2.75) is 0 Å². The third kappa shape index (κ3) is 37.0. The molecule has 7 heavy (non-hydrogen) atoms. The summed E-state index contributed by atoms with van der Waals surface area (Å²) in [6.07, 6.45) is 0. The van der Waals surface area contributed by atoms with E-state index in [0.29, 0.717) is 0 Å². The van der Waals surface area contributed by atoms with Crippen LogP contribution < -0.4 is 0 Å². The van der Waals surface area contributed by atoms with Crippen LogP contribution in [0.25, 0.3) is 0 Å². The van der Waals surface area contributed by atoms with Gasteiger partial charge in [0.15, 0.2) is 0 Å². The molecule has 0 aromatic rings. The molecule has 0 rings (SSSR count). The number of hydrogen-bond donors (Lipinski definition) is 0. The summed E-state index contributed by atoms with van der Waals surface area (Å²) in [7, 11) is 0.